The molecule has 1 atom stereocenters. The maximum Gasteiger partial charge on any atom is 0.0574 e. The quantitative estimate of drug-likeness (QED) is 0.930. The first-order chi connectivity index (χ1) is 9.11. The van der Waals surface area contributed by atoms with Gasteiger partial charge in [0.25, 0.3) is 0 Å². The molecule has 0 radical (unpaired) electrons. The molecule has 19 heavy (non-hydrogen) atoms. The monoisotopic (exact) mass is 273 g/mol. The lowest BCUT2D eigenvalue weighted by atomic mass is 10.1. The normalized spacial score (nSPS) is 12.4. The van der Waals surface area contributed by atoms with Gasteiger partial charge >= 0.3 is 0 Å². The molecular weight excluding hydrogens is 254 g/mol. The minimum absolute atomic E-state index is 0.486. The van der Waals surface area contributed by atoms with E-state index in [1.165, 1.54) is 11.1 Å². The predicted octanol–water partition coefficient (Wildman–Crippen LogP) is 3.07. The molecule has 0 heterocycles. The summed E-state index contributed by atoms with van der Waals surface area (Å²) in [7, 11) is -1.02. The Morgan fingerprint density at radius 1 is 1.00 bits per heavy atom. The molecule has 0 aliphatic heterocycles. The number of benzene rings is 2. The third kappa shape index (κ3) is 3.31. The molecule has 0 aliphatic carbocycles. The second kappa shape index (κ2) is 6.13. The third-order valence-corrected chi connectivity index (χ3v) is 4.72. The zero-order chi connectivity index (χ0) is 13.8. The Morgan fingerprint density at radius 2 is 1.68 bits per heavy atom. The first-order valence-electron chi connectivity index (χ1n) is 6.34. The van der Waals surface area contributed by atoms with Gasteiger partial charge in [0, 0.05) is 11.4 Å². The fraction of sp³-hybridized carbons (Fsp3) is 0.250. The van der Waals surface area contributed by atoms with Gasteiger partial charge in [-0.05, 0) is 48.2 Å². The molecule has 0 aromatic heterocycles. The summed E-state index contributed by atoms with van der Waals surface area (Å²) in [6.45, 7) is 4.59. The summed E-state index contributed by atoms with van der Waals surface area (Å²) < 4.78 is 12.4. The lowest BCUT2D eigenvalue weighted by Gasteiger charge is -2.09. The van der Waals surface area contributed by atoms with E-state index in [1.807, 2.05) is 49.4 Å². The van der Waals surface area contributed by atoms with Crippen LogP contribution in [-0.4, -0.2) is 4.21 Å². The van der Waals surface area contributed by atoms with E-state index < -0.39 is 10.8 Å². The molecule has 100 valence electrons. The van der Waals surface area contributed by atoms with Crippen molar-refractivity contribution < 1.29 is 4.21 Å². The molecule has 0 spiro atoms. The summed E-state index contributed by atoms with van der Waals surface area (Å²) in [5.74, 6) is 0.524. The van der Waals surface area contributed by atoms with E-state index in [0.717, 1.165) is 16.0 Å². The SMILES string of the molecule is Cc1ccc(S(=O)Cc2ccccc2CN)cc1C. The second-order valence-corrected chi connectivity index (χ2v) is 6.16. The highest BCUT2D eigenvalue weighted by molar-refractivity contribution is 7.84. The average molecular weight is 273 g/mol. The predicted molar refractivity (Wildman–Crippen MR) is 80.4 cm³/mol. The Balaban J connectivity index is 2.23. The van der Waals surface area contributed by atoms with Crippen molar-refractivity contribution in [3.63, 3.8) is 0 Å². The van der Waals surface area contributed by atoms with E-state index in [-0.39, 0.29) is 0 Å². The van der Waals surface area contributed by atoms with Gasteiger partial charge in [0.05, 0.1) is 16.6 Å². The van der Waals surface area contributed by atoms with Crippen LogP contribution < -0.4 is 5.73 Å². The van der Waals surface area contributed by atoms with Crippen LogP contribution in [0.5, 0.6) is 0 Å². The molecule has 0 aliphatic rings. The summed E-state index contributed by atoms with van der Waals surface area (Å²) in [6.07, 6.45) is 0. The van der Waals surface area contributed by atoms with Gasteiger partial charge in [-0.1, -0.05) is 30.3 Å². The summed E-state index contributed by atoms with van der Waals surface area (Å²) in [5, 5.41) is 0. The van der Waals surface area contributed by atoms with Crippen LogP contribution in [0.3, 0.4) is 0 Å². The molecule has 0 fully saturated rings. The topological polar surface area (TPSA) is 43.1 Å². The molecule has 3 heteroatoms. The Bertz CT molecular complexity index is 607. The molecule has 2 aromatic rings. The van der Waals surface area contributed by atoms with Gasteiger partial charge in [0.15, 0.2) is 0 Å². The molecule has 0 amide bonds. The molecule has 2 nitrogen and oxygen atoms in total. The first kappa shape index (κ1) is 14.0. The summed E-state index contributed by atoms with van der Waals surface area (Å²) >= 11 is 0. The lowest BCUT2D eigenvalue weighted by molar-refractivity contribution is 0.682. The van der Waals surface area contributed by atoms with Crippen LogP contribution in [0.25, 0.3) is 0 Å². The van der Waals surface area contributed by atoms with Crippen molar-refractivity contribution in [2.24, 2.45) is 5.73 Å². The highest BCUT2D eigenvalue weighted by Crippen LogP contribution is 2.18. The van der Waals surface area contributed by atoms with Crippen LogP contribution in [-0.2, 0) is 23.1 Å². The Labute approximate surface area is 117 Å². The lowest BCUT2D eigenvalue weighted by Crippen LogP contribution is -2.04. The third-order valence-electron chi connectivity index (χ3n) is 3.37. The van der Waals surface area contributed by atoms with Crippen molar-refractivity contribution in [2.45, 2.75) is 31.0 Å². The highest BCUT2D eigenvalue weighted by Gasteiger charge is 2.08. The summed E-state index contributed by atoms with van der Waals surface area (Å²) in [5.41, 5.74) is 10.3. The van der Waals surface area contributed by atoms with E-state index in [1.54, 1.807) is 0 Å². The maximum absolute atomic E-state index is 12.4. The van der Waals surface area contributed by atoms with E-state index >= 15 is 0 Å². The zero-order valence-corrected chi connectivity index (χ0v) is 12.2. The van der Waals surface area contributed by atoms with Gasteiger partial charge in [-0.25, -0.2) is 0 Å². The Morgan fingerprint density at radius 3 is 2.32 bits per heavy atom. The van der Waals surface area contributed by atoms with Crippen LogP contribution in [0.1, 0.15) is 22.3 Å². The van der Waals surface area contributed by atoms with Gasteiger partial charge in [0.2, 0.25) is 0 Å². The smallest absolute Gasteiger partial charge is 0.0574 e. The summed E-state index contributed by atoms with van der Waals surface area (Å²) in [6, 6.07) is 13.9. The van der Waals surface area contributed by atoms with Gasteiger partial charge < -0.3 is 5.73 Å². The molecule has 2 rings (SSSR count). The van der Waals surface area contributed by atoms with Crippen molar-refractivity contribution in [1.29, 1.82) is 0 Å². The molecule has 0 saturated heterocycles. The fourth-order valence-electron chi connectivity index (χ4n) is 1.98. The van der Waals surface area contributed by atoms with Crippen molar-refractivity contribution in [3.8, 4) is 0 Å². The van der Waals surface area contributed by atoms with Gasteiger partial charge in [-0.15, -0.1) is 0 Å². The molecular formula is C16H19NOS. The molecule has 2 aromatic carbocycles. The molecule has 2 N–H and O–H groups in total. The van der Waals surface area contributed by atoms with Crippen molar-refractivity contribution in [2.75, 3.05) is 0 Å². The van der Waals surface area contributed by atoms with E-state index in [0.29, 0.717) is 12.3 Å². The Hall–Kier alpha value is -1.45. The van der Waals surface area contributed by atoms with Crippen LogP contribution in [0.15, 0.2) is 47.4 Å². The zero-order valence-electron chi connectivity index (χ0n) is 11.3. The fourth-order valence-corrected chi connectivity index (χ4v) is 3.24. The van der Waals surface area contributed by atoms with Crippen LogP contribution in [0.4, 0.5) is 0 Å². The standard InChI is InChI=1S/C16H19NOS/c1-12-7-8-16(9-13(12)2)19(18)11-15-6-4-3-5-14(15)10-17/h3-9H,10-11,17H2,1-2H3. The van der Waals surface area contributed by atoms with Crippen molar-refractivity contribution >= 4 is 10.8 Å². The van der Waals surface area contributed by atoms with Gasteiger partial charge in [0.1, 0.15) is 0 Å². The van der Waals surface area contributed by atoms with Crippen molar-refractivity contribution in [1.82, 2.24) is 0 Å². The molecule has 0 saturated carbocycles. The minimum Gasteiger partial charge on any atom is -0.326 e. The number of hydrogen-bond acceptors (Lipinski definition) is 2. The molecule has 1 unspecified atom stereocenters. The number of aryl methyl sites for hydroxylation is 2. The maximum atomic E-state index is 12.4. The second-order valence-electron chi connectivity index (χ2n) is 4.71. The van der Waals surface area contributed by atoms with E-state index in [4.69, 9.17) is 5.73 Å². The van der Waals surface area contributed by atoms with Crippen LogP contribution in [0, 0.1) is 13.8 Å². The number of nitrogens with two attached hydrogens (primary N) is 1. The number of hydrogen-bond donors (Lipinski definition) is 1. The van der Waals surface area contributed by atoms with E-state index in [9.17, 15) is 4.21 Å². The van der Waals surface area contributed by atoms with Crippen LogP contribution in [0.2, 0.25) is 0 Å². The van der Waals surface area contributed by atoms with E-state index in [2.05, 4.69) is 6.92 Å². The van der Waals surface area contributed by atoms with Gasteiger partial charge in [-0.2, -0.15) is 0 Å². The number of rotatable bonds is 4. The molecule has 0 bridgehead atoms. The minimum atomic E-state index is -1.02. The average Bonchev–Trinajstić information content (AvgIpc) is 2.42. The first-order valence-corrected chi connectivity index (χ1v) is 7.66. The van der Waals surface area contributed by atoms with Crippen LogP contribution >= 0.6 is 0 Å². The summed E-state index contributed by atoms with van der Waals surface area (Å²) in [4.78, 5) is 0.884. The van der Waals surface area contributed by atoms with Gasteiger partial charge in [-0.3, -0.25) is 4.21 Å². The van der Waals surface area contributed by atoms with Crippen molar-refractivity contribution in [3.05, 3.63) is 64.7 Å². The Kier molecular flexibility index (Phi) is 4.51. The largest absolute Gasteiger partial charge is 0.326 e. The highest BCUT2D eigenvalue weighted by atomic mass is 32.2.